The van der Waals surface area contributed by atoms with Crippen molar-refractivity contribution in [2.75, 3.05) is 61.3 Å². The highest BCUT2D eigenvalue weighted by Gasteiger charge is 2.14. The van der Waals surface area contributed by atoms with Crippen LogP contribution in [0.15, 0.2) is 59.5 Å². The summed E-state index contributed by atoms with van der Waals surface area (Å²) in [6.45, 7) is 5.11. The van der Waals surface area contributed by atoms with Crippen molar-refractivity contribution in [1.82, 2.24) is 29.5 Å². The number of piperazine rings is 1. The number of hydrogen-bond acceptors (Lipinski definition) is 11. The summed E-state index contributed by atoms with van der Waals surface area (Å²) in [6, 6.07) is 16.1. The summed E-state index contributed by atoms with van der Waals surface area (Å²) >= 11 is 0. The Balaban J connectivity index is 1.29. The van der Waals surface area contributed by atoms with Crippen molar-refractivity contribution >= 4 is 23.5 Å². The standard InChI is InChI=1S/C26H32N10O3/c1-34-11-13-35(14-12-34)20-7-3-18(4-8-20)15-27-23-30-24(28-16-19-5-9-21(39-2)10-6-19)32-25(31-23)33-36-17-22(37)29-26(36)38/h3-10,17,37H,11-16H2,1-2H3,(H,29,38)(H3,27,28,30,31,32,33). The first-order valence-corrected chi connectivity index (χ1v) is 12.6. The molecule has 3 heterocycles. The van der Waals surface area contributed by atoms with Crippen molar-refractivity contribution in [3.63, 3.8) is 0 Å². The van der Waals surface area contributed by atoms with Crippen LogP contribution in [0, 0.1) is 0 Å². The van der Waals surface area contributed by atoms with Crippen molar-refractivity contribution in [1.29, 1.82) is 0 Å². The van der Waals surface area contributed by atoms with Gasteiger partial charge >= 0.3 is 5.69 Å². The van der Waals surface area contributed by atoms with Gasteiger partial charge in [-0.05, 0) is 42.4 Å². The Hall–Kier alpha value is -4.78. The minimum absolute atomic E-state index is 0.122. The summed E-state index contributed by atoms with van der Waals surface area (Å²) < 4.78 is 6.27. The van der Waals surface area contributed by atoms with Gasteiger partial charge in [0.1, 0.15) is 5.75 Å². The highest BCUT2D eigenvalue weighted by molar-refractivity contribution is 5.49. The number of imidazole rings is 1. The number of benzene rings is 2. The molecular weight excluding hydrogens is 500 g/mol. The Labute approximate surface area is 225 Å². The SMILES string of the molecule is COc1ccc(CNc2nc(NCc3ccc(N4CCN(C)CC4)cc3)nc(Nn3cc(O)[nH]c3=O)n2)cc1. The lowest BCUT2D eigenvalue weighted by atomic mass is 10.2. The summed E-state index contributed by atoms with van der Waals surface area (Å²) in [5.74, 6) is 1.24. The first-order valence-electron chi connectivity index (χ1n) is 12.6. The fourth-order valence-electron chi connectivity index (χ4n) is 4.15. The monoisotopic (exact) mass is 532 g/mol. The predicted octanol–water partition coefficient (Wildman–Crippen LogP) is 1.93. The number of anilines is 4. The van der Waals surface area contributed by atoms with Gasteiger partial charge in [0.25, 0.3) is 0 Å². The minimum atomic E-state index is -0.560. The molecule has 1 saturated heterocycles. The molecule has 0 saturated carbocycles. The summed E-state index contributed by atoms with van der Waals surface area (Å²) in [5, 5.41) is 16.0. The van der Waals surface area contributed by atoms with E-state index in [1.54, 1.807) is 7.11 Å². The fraction of sp³-hybridized carbons (Fsp3) is 0.308. The molecule has 1 aliphatic rings. The van der Waals surface area contributed by atoms with Gasteiger partial charge in [-0.15, -0.1) is 0 Å². The van der Waals surface area contributed by atoms with Crippen LogP contribution >= 0.6 is 0 Å². The number of aromatic amines is 1. The Morgan fingerprint density at radius 1 is 0.872 bits per heavy atom. The third-order valence-electron chi connectivity index (χ3n) is 6.43. The molecule has 13 nitrogen and oxygen atoms in total. The molecule has 0 bridgehead atoms. The number of aromatic nitrogens is 5. The van der Waals surface area contributed by atoms with Crippen LogP contribution in [-0.4, -0.2) is 75.0 Å². The molecule has 0 aliphatic carbocycles. The minimum Gasteiger partial charge on any atom is -0.497 e. The topological polar surface area (TPSA) is 148 Å². The molecule has 2 aromatic heterocycles. The lowest BCUT2D eigenvalue weighted by Crippen LogP contribution is -2.44. The molecule has 0 radical (unpaired) electrons. The highest BCUT2D eigenvalue weighted by Crippen LogP contribution is 2.19. The highest BCUT2D eigenvalue weighted by atomic mass is 16.5. The average molecular weight is 533 g/mol. The van der Waals surface area contributed by atoms with Crippen molar-refractivity contribution < 1.29 is 9.84 Å². The largest absolute Gasteiger partial charge is 0.497 e. The molecular formula is C26H32N10O3. The number of hydrogen-bond donors (Lipinski definition) is 5. The second kappa shape index (κ2) is 11.7. The van der Waals surface area contributed by atoms with Gasteiger partial charge in [-0.25, -0.2) is 9.47 Å². The number of nitrogens with one attached hydrogen (secondary N) is 4. The summed E-state index contributed by atoms with van der Waals surface area (Å²) in [4.78, 5) is 32.3. The summed E-state index contributed by atoms with van der Waals surface area (Å²) in [5.41, 5.74) is 5.51. The van der Waals surface area contributed by atoms with Gasteiger partial charge in [0, 0.05) is 45.0 Å². The number of methoxy groups -OCH3 is 1. The predicted molar refractivity (Wildman–Crippen MR) is 149 cm³/mol. The maximum atomic E-state index is 12.0. The van der Waals surface area contributed by atoms with Crippen molar-refractivity contribution in [3.05, 3.63) is 76.3 Å². The zero-order chi connectivity index (χ0) is 27.2. The van der Waals surface area contributed by atoms with Crippen LogP contribution in [0.5, 0.6) is 11.6 Å². The van der Waals surface area contributed by atoms with Crippen molar-refractivity contribution in [2.24, 2.45) is 0 Å². The van der Waals surface area contributed by atoms with Crippen LogP contribution < -0.4 is 31.4 Å². The first kappa shape index (κ1) is 25.9. The van der Waals surface area contributed by atoms with Gasteiger partial charge in [-0.2, -0.15) is 15.0 Å². The van der Waals surface area contributed by atoms with E-state index in [1.165, 1.54) is 11.9 Å². The van der Waals surface area contributed by atoms with Crippen LogP contribution in [0.25, 0.3) is 0 Å². The van der Waals surface area contributed by atoms with Gasteiger partial charge in [-0.3, -0.25) is 10.4 Å². The number of H-pyrrole nitrogens is 1. The van der Waals surface area contributed by atoms with Crippen molar-refractivity contribution in [2.45, 2.75) is 13.1 Å². The molecule has 2 aromatic carbocycles. The molecule has 13 heteroatoms. The number of rotatable bonds is 10. The number of ether oxygens (including phenoxy) is 1. The Morgan fingerprint density at radius 2 is 1.44 bits per heavy atom. The van der Waals surface area contributed by atoms with E-state index in [4.69, 9.17) is 4.74 Å². The average Bonchev–Trinajstić information content (AvgIpc) is 3.27. The van der Waals surface area contributed by atoms with Crippen LogP contribution in [0.2, 0.25) is 0 Å². The Morgan fingerprint density at radius 3 is 1.97 bits per heavy atom. The molecule has 0 atom stereocenters. The van der Waals surface area contributed by atoms with Crippen LogP contribution in [0.4, 0.5) is 23.5 Å². The van der Waals surface area contributed by atoms with Gasteiger partial charge in [0.2, 0.25) is 23.7 Å². The molecule has 0 spiro atoms. The van der Waals surface area contributed by atoms with Crippen LogP contribution in [0.3, 0.4) is 0 Å². The lowest BCUT2D eigenvalue weighted by molar-refractivity contribution is 0.313. The molecule has 0 amide bonds. The maximum Gasteiger partial charge on any atom is 0.347 e. The van der Waals surface area contributed by atoms with Crippen LogP contribution in [-0.2, 0) is 13.1 Å². The quantitative estimate of drug-likeness (QED) is 0.204. The van der Waals surface area contributed by atoms with E-state index >= 15 is 0 Å². The lowest BCUT2D eigenvalue weighted by Gasteiger charge is -2.34. The normalized spacial score (nSPS) is 13.7. The van der Waals surface area contributed by atoms with E-state index in [1.807, 2.05) is 24.3 Å². The van der Waals surface area contributed by atoms with E-state index in [2.05, 4.69) is 77.1 Å². The number of likely N-dealkylation sites (N-methyl/N-ethyl adjacent to an activating group) is 1. The first-order chi connectivity index (χ1) is 18.9. The van der Waals surface area contributed by atoms with E-state index in [0.717, 1.165) is 47.7 Å². The molecule has 4 aromatic rings. The van der Waals surface area contributed by atoms with Gasteiger partial charge in [0.05, 0.1) is 13.3 Å². The van der Waals surface area contributed by atoms with E-state index < -0.39 is 5.69 Å². The number of nitrogens with zero attached hydrogens (tertiary/aromatic N) is 6. The third-order valence-corrected chi connectivity index (χ3v) is 6.43. The van der Waals surface area contributed by atoms with Gasteiger partial charge in [-0.1, -0.05) is 24.3 Å². The van der Waals surface area contributed by atoms with E-state index in [-0.39, 0.29) is 11.8 Å². The fourth-order valence-corrected chi connectivity index (χ4v) is 4.15. The zero-order valence-electron chi connectivity index (χ0n) is 21.9. The van der Waals surface area contributed by atoms with Gasteiger partial charge in [0.15, 0.2) is 0 Å². The number of aromatic hydroxyl groups is 1. The van der Waals surface area contributed by atoms with E-state index in [9.17, 15) is 9.90 Å². The summed E-state index contributed by atoms with van der Waals surface area (Å²) in [7, 11) is 3.77. The molecule has 5 rings (SSSR count). The Bertz CT molecular complexity index is 1430. The Kier molecular flexibility index (Phi) is 7.78. The van der Waals surface area contributed by atoms with E-state index in [0.29, 0.717) is 25.0 Å². The molecule has 0 unspecified atom stereocenters. The van der Waals surface area contributed by atoms with Crippen LogP contribution in [0.1, 0.15) is 11.1 Å². The maximum absolute atomic E-state index is 12.0. The molecule has 39 heavy (non-hydrogen) atoms. The molecule has 1 fully saturated rings. The second-order valence-corrected chi connectivity index (χ2v) is 9.24. The van der Waals surface area contributed by atoms with Gasteiger partial charge < -0.3 is 30.3 Å². The zero-order valence-corrected chi connectivity index (χ0v) is 21.9. The molecule has 1 aliphatic heterocycles. The molecule has 204 valence electrons. The smallest absolute Gasteiger partial charge is 0.347 e. The molecule has 5 N–H and O–H groups in total. The van der Waals surface area contributed by atoms with Crippen molar-refractivity contribution in [3.8, 4) is 11.6 Å². The summed E-state index contributed by atoms with van der Waals surface area (Å²) in [6.07, 6.45) is 1.20. The second-order valence-electron chi connectivity index (χ2n) is 9.24. The third kappa shape index (κ3) is 6.76.